The van der Waals surface area contributed by atoms with E-state index in [0.717, 1.165) is 10.9 Å². The molecule has 0 aliphatic carbocycles. The van der Waals surface area contributed by atoms with Gasteiger partial charge in [0, 0.05) is 17.4 Å². The fourth-order valence-corrected chi connectivity index (χ4v) is 1.97. The molecular weight excluding hydrogens is 338 g/mol. The van der Waals surface area contributed by atoms with Crippen molar-refractivity contribution < 1.29 is 19.4 Å². The van der Waals surface area contributed by atoms with Gasteiger partial charge in [-0.05, 0) is 43.0 Å². The Morgan fingerprint density at radius 2 is 1.95 bits per heavy atom. The molecule has 0 aliphatic heterocycles. The first-order valence-corrected chi connectivity index (χ1v) is 7.63. The zero-order valence-electron chi connectivity index (χ0n) is 12.0. The summed E-state index contributed by atoms with van der Waals surface area (Å²) < 4.78 is 6.30. The molecule has 1 aromatic carbocycles. The summed E-state index contributed by atoms with van der Waals surface area (Å²) in [5.41, 5.74) is 0. The maximum atomic E-state index is 11.6. The molecule has 0 spiro atoms. The number of amides is 1. The van der Waals surface area contributed by atoms with E-state index in [1.807, 2.05) is 19.1 Å². The smallest absolute Gasteiger partial charge is 0.303 e. The normalized spacial score (nSPS) is 11.7. The Bertz CT molecular complexity index is 461. The summed E-state index contributed by atoms with van der Waals surface area (Å²) >= 11 is 3.32. The predicted molar refractivity (Wildman–Crippen MR) is 83.3 cm³/mol. The molecule has 2 N–H and O–H groups in total. The molecule has 1 atom stereocenters. The van der Waals surface area contributed by atoms with Gasteiger partial charge in [0.15, 0.2) is 6.61 Å². The molecule has 0 radical (unpaired) electrons. The quantitative estimate of drug-likeness (QED) is 0.712. The second-order valence-electron chi connectivity index (χ2n) is 4.92. The Morgan fingerprint density at radius 3 is 2.57 bits per heavy atom. The van der Waals surface area contributed by atoms with Crippen molar-refractivity contribution in [2.45, 2.75) is 26.2 Å². The molecule has 1 aromatic rings. The molecule has 5 nitrogen and oxygen atoms in total. The zero-order valence-corrected chi connectivity index (χ0v) is 13.6. The van der Waals surface area contributed by atoms with Crippen molar-refractivity contribution in [2.24, 2.45) is 5.92 Å². The highest BCUT2D eigenvalue weighted by Crippen LogP contribution is 2.15. The minimum atomic E-state index is -0.784. The van der Waals surface area contributed by atoms with E-state index in [0.29, 0.717) is 18.7 Å². The van der Waals surface area contributed by atoms with Crippen molar-refractivity contribution in [2.75, 3.05) is 13.2 Å². The highest BCUT2D eigenvalue weighted by molar-refractivity contribution is 9.10. The van der Waals surface area contributed by atoms with Gasteiger partial charge in [0.2, 0.25) is 0 Å². The molecule has 21 heavy (non-hydrogen) atoms. The van der Waals surface area contributed by atoms with Crippen LogP contribution in [0, 0.1) is 5.92 Å². The van der Waals surface area contributed by atoms with Crippen LogP contribution < -0.4 is 10.1 Å². The van der Waals surface area contributed by atoms with Crippen LogP contribution in [0.15, 0.2) is 28.7 Å². The third-order valence-electron chi connectivity index (χ3n) is 2.99. The molecule has 6 heteroatoms. The van der Waals surface area contributed by atoms with Crippen molar-refractivity contribution in [3.63, 3.8) is 0 Å². The van der Waals surface area contributed by atoms with Crippen molar-refractivity contribution in [1.29, 1.82) is 0 Å². The van der Waals surface area contributed by atoms with E-state index < -0.39 is 5.97 Å². The Kier molecular flexibility index (Phi) is 7.82. The van der Waals surface area contributed by atoms with Crippen molar-refractivity contribution in [1.82, 2.24) is 5.32 Å². The third kappa shape index (κ3) is 8.34. The summed E-state index contributed by atoms with van der Waals surface area (Å²) in [5, 5.41) is 11.3. The predicted octanol–water partition coefficient (Wildman–Crippen LogP) is 2.84. The summed E-state index contributed by atoms with van der Waals surface area (Å²) in [6, 6.07) is 7.26. The number of halogens is 1. The van der Waals surface area contributed by atoms with Crippen LogP contribution in [0.4, 0.5) is 0 Å². The van der Waals surface area contributed by atoms with Crippen LogP contribution in [0.3, 0.4) is 0 Å². The maximum Gasteiger partial charge on any atom is 0.303 e. The fourth-order valence-electron chi connectivity index (χ4n) is 1.70. The van der Waals surface area contributed by atoms with Crippen LogP contribution in [0.5, 0.6) is 5.75 Å². The average Bonchev–Trinajstić information content (AvgIpc) is 2.44. The van der Waals surface area contributed by atoms with Gasteiger partial charge in [-0.1, -0.05) is 22.9 Å². The highest BCUT2D eigenvalue weighted by Gasteiger charge is 2.07. The Labute approximate surface area is 132 Å². The summed E-state index contributed by atoms with van der Waals surface area (Å²) in [4.78, 5) is 22.0. The molecular formula is C15H20BrNO4. The number of nitrogens with one attached hydrogen (secondary N) is 1. The Morgan fingerprint density at radius 1 is 1.29 bits per heavy atom. The monoisotopic (exact) mass is 357 g/mol. The molecule has 0 saturated heterocycles. The van der Waals surface area contributed by atoms with E-state index in [2.05, 4.69) is 21.2 Å². The van der Waals surface area contributed by atoms with E-state index in [-0.39, 0.29) is 24.9 Å². The number of carbonyl (C=O) groups is 2. The van der Waals surface area contributed by atoms with Gasteiger partial charge in [-0.3, -0.25) is 9.59 Å². The lowest BCUT2D eigenvalue weighted by atomic mass is 10.0. The lowest BCUT2D eigenvalue weighted by Crippen LogP contribution is -2.30. The lowest BCUT2D eigenvalue weighted by molar-refractivity contribution is -0.137. The average molecular weight is 358 g/mol. The van der Waals surface area contributed by atoms with E-state index in [4.69, 9.17) is 9.84 Å². The SMILES string of the molecule is CC(CCNC(=O)COc1ccc(Br)cc1)CCC(=O)O. The number of benzene rings is 1. The summed E-state index contributed by atoms with van der Waals surface area (Å²) in [7, 11) is 0. The topological polar surface area (TPSA) is 75.6 Å². The van der Waals surface area contributed by atoms with Crippen LogP contribution in [0.25, 0.3) is 0 Å². The summed E-state index contributed by atoms with van der Waals surface area (Å²) in [6.07, 6.45) is 1.56. The molecule has 1 amide bonds. The first-order valence-electron chi connectivity index (χ1n) is 6.84. The number of carbonyl (C=O) groups excluding carboxylic acids is 1. The lowest BCUT2D eigenvalue weighted by Gasteiger charge is -2.11. The van der Waals surface area contributed by atoms with Gasteiger partial charge in [-0.15, -0.1) is 0 Å². The molecule has 1 unspecified atom stereocenters. The molecule has 0 aromatic heterocycles. The second-order valence-corrected chi connectivity index (χ2v) is 5.83. The van der Waals surface area contributed by atoms with Crippen molar-refractivity contribution >= 4 is 27.8 Å². The van der Waals surface area contributed by atoms with Gasteiger partial charge in [0.1, 0.15) is 5.75 Å². The van der Waals surface area contributed by atoms with Crippen LogP contribution in [-0.4, -0.2) is 30.1 Å². The van der Waals surface area contributed by atoms with Gasteiger partial charge >= 0.3 is 5.97 Å². The molecule has 1 rings (SSSR count). The second kappa shape index (κ2) is 9.39. The summed E-state index contributed by atoms with van der Waals surface area (Å²) in [5.74, 6) is -0.0471. The molecule has 0 heterocycles. The number of carboxylic acid groups (broad SMARTS) is 1. The molecule has 0 bridgehead atoms. The highest BCUT2D eigenvalue weighted by atomic mass is 79.9. The molecule has 116 valence electrons. The van der Waals surface area contributed by atoms with E-state index in [9.17, 15) is 9.59 Å². The molecule has 0 fully saturated rings. The van der Waals surface area contributed by atoms with Gasteiger partial charge < -0.3 is 15.2 Å². The Balaban J connectivity index is 2.13. The first kappa shape index (κ1) is 17.5. The molecule has 0 aliphatic rings. The fraction of sp³-hybridized carbons (Fsp3) is 0.467. The van der Waals surface area contributed by atoms with E-state index in [1.54, 1.807) is 12.1 Å². The van der Waals surface area contributed by atoms with E-state index >= 15 is 0 Å². The van der Waals surface area contributed by atoms with Crippen LogP contribution in [0.2, 0.25) is 0 Å². The largest absolute Gasteiger partial charge is 0.484 e. The van der Waals surface area contributed by atoms with Crippen molar-refractivity contribution in [3.8, 4) is 5.75 Å². The van der Waals surface area contributed by atoms with Crippen LogP contribution >= 0.6 is 15.9 Å². The number of hydrogen-bond acceptors (Lipinski definition) is 3. The minimum absolute atomic E-state index is 0.0227. The summed E-state index contributed by atoms with van der Waals surface area (Å²) in [6.45, 7) is 2.49. The van der Waals surface area contributed by atoms with Gasteiger partial charge in [0.05, 0.1) is 0 Å². The number of carboxylic acids is 1. The van der Waals surface area contributed by atoms with Gasteiger partial charge in [-0.2, -0.15) is 0 Å². The number of ether oxygens (including phenoxy) is 1. The van der Waals surface area contributed by atoms with Gasteiger partial charge in [0.25, 0.3) is 5.91 Å². The van der Waals surface area contributed by atoms with Crippen LogP contribution in [0.1, 0.15) is 26.2 Å². The van der Waals surface area contributed by atoms with Crippen molar-refractivity contribution in [3.05, 3.63) is 28.7 Å². The number of rotatable bonds is 9. The minimum Gasteiger partial charge on any atom is -0.484 e. The standard InChI is InChI=1S/C15H20BrNO4/c1-11(2-7-15(19)20)8-9-17-14(18)10-21-13-5-3-12(16)4-6-13/h3-6,11H,2,7-10H2,1H3,(H,17,18)(H,19,20). The zero-order chi connectivity index (χ0) is 15.7. The molecule has 0 saturated carbocycles. The first-order chi connectivity index (χ1) is 9.97. The number of hydrogen-bond donors (Lipinski definition) is 2. The van der Waals surface area contributed by atoms with Gasteiger partial charge in [-0.25, -0.2) is 0 Å². The maximum absolute atomic E-state index is 11.6. The third-order valence-corrected chi connectivity index (χ3v) is 3.52. The number of aliphatic carboxylic acids is 1. The van der Waals surface area contributed by atoms with E-state index in [1.165, 1.54) is 0 Å². The van der Waals surface area contributed by atoms with Crippen LogP contribution in [-0.2, 0) is 9.59 Å². The Hall–Kier alpha value is -1.56.